The molecule has 3 heterocycles. The van der Waals surface area contributed by atoms with E-state index in [0.29, 0.717) is 5.56 Å². The fraction of sp³-hybridized carbons (Fsp3) is 0.280. The van der Waals surface area contributed by atoms with Crippen LogP contribution >= 0.6 is 0 Å². The van der Waals surface area contributed by atoms with Crippen molar-refractivity contribution in [2.24, 2.45) is 0 Å². The average molecular weight is 399 g/mol. The number of nitrogens with one attached hydrogen (secondary N) is 1. The molecule has 30 heavy (non-hydrogen) atoms. The first-order valence-electron chi connectivity index (χ1n) is 10.7. The Hall–Kier alpha value is -3.34. The van der Waals surface area contributed by atoms with Gasteiger partial charge in [0.1, 0.15) is 0 Å². The lowest BCUT2D eigenvalue weighted by molar-refractivity contribution is 0.102. The Kier molecular flexibility index (Phi) is 5.10. The summed E-state index contributed by atoms with van der Waals surface area (Å²) in [5.41, 5.74) is 6.35. The van der Waals surface area contributed by atoms with Crippen LogP contribution in [0.15, 0.2) is 67.0 Å². The van der Waals surface area contributed by atoms with Gasteiger partial charge in [-0.2, -0.15) is 0 Å². The second kappa shape index (κ2) is 8.19. The number of hydrogen-bond acceptors (Lipinski definition) is 4. The fourth-order valence-corrected chi connectivity index (χ4v) is 4.38. The molecule has 1 aromatic heterocycles. The summed E-state index contributed by atoms with van der Waals surface area (Å²) in [4.78, 5) is 21.8. The molecule has 0 radical (unpaired) electrons. The molecule has 5 heteroatoms. The van der Waals surface area contributed by atoms with Gasteiger partial charge in [0.25, 0.3) is 5.91 Å². The molecule has 3 aromatic rings. The SMILES string of the molecule is O=C(Nc1ccc(N2CCCC2)cc1)c1cncc(N2CCc3ccccc3C2)c1. The van der Waals surface area contributed by atoms with Crippen molar-refractivity contribution in [3.63, 3.8) is 0 Å². The van der Waals surface area contributed by atoms with E-state index in [9.17, 15) is 4.79 Å². The van der Waals surface area contributed by atoms with E-state index in [-0.39, 0.29) is 5.91 Å². The first kappa shape index (κ1) is 18.7. The zero-order chi connectivity index (χ0) is 20.3. The smallest absolute Gasteiger partial charge is 0.257 e. The molecule has 1 saturated heterocycles. The number of aromatic nitrogens is 1. The zero-order valence-corrected chi connectivity index (χ0v) is 17.1. The number of carbonyl (C=O) groups is 1. The minimum Gasteiger partial charge on any atom is -0.372 e. The van der Waals surface area contributed by atoms with Crippen LogP contribution in [0.3, 0.4) is 0 Å². The highest BCUT2D eigenvalue weighted by Crippen LogP contribution is 2.25. The van der Waals surface area contributed by atoms with E-state index in [1.807, 2.05) is 24.4 Å². The van der Waals surface area contributed by atoms with Crippen LogP contribution in [0.5, 0.6) is 0 Å². The minimum atomic E-state index is -0.129. The second-order valence-corrected chi connectivity index (χ2v) is 8.07. The topological polar surface area (TPSA) is 48.5 Å². The van der Waals surface area contributed by atoms with Gasteiger partial charge in [-0.3, -0.25) is 9.78 Å². The van der Waals surface area contributed by atoms with Crippen LogP contribution in [-0.2, 0) is 13.0 Å². The molecule has 0 aliphatic carbocycles. The van der Waals surface area contributed by atoms with E-state index in [1.54, 1.807) is 6.20 Å². The average Bonchev–Trinajstić information content (AvgIpc) is 3.34. The van der Waals surface area contributed by atoms with Gasteiger partial charge < -0.3 is 15.1 Å². The van der Waals surface area contributed by atoms with E-state index < -0.39 is 0 Å². The molecule has 1 N–H and O–H groups in total. The van der Waals surface area contributed by atoms with Gasteiger partial charge in [-0.15, -0.1) is 0 Å². The molecule has 2 aliphatic heterocycles. The van der Waals surface area contributed by atoms with Gasteiger partial charge in [-0.25, -0.2) is 0 Å². The van der Waals surface area contributed by atoms with Crippen molar-refractivity contribution in [1.82, 2.24) is 4.98 Å². The molecule has 2 aliphatic rings. The highest BCUT2D eigenvalue weighted by Gasteiger charge is 2.18. The van der Waals surface area contributed by atoms with Crippen LogP contribution in [-0.4, -0.2) is 30.5 Å². The number of pyridine rings is 1. The maximum absolute atomic E-state index is 12.8. The maximum atomic E-state index is 12.8. The summed E-state index contributed by atoms with van der Waals surface area (Å²) in [6.45, 7) is 4.01. The Morgan fingerprint density at radius 2 is 1.60 bits per heavy atom. The highest BCUT2D eigenvalue weighted by molar-refractivity contribution is 6.04. The largest absolute Gasteiger partial charge is 0.372 e. The summed E-state index contributed by atoms with van der Waals surface area (Å²) in [6.07, 6.45) is 7.00. The van der Waals surface area contributed by atoms with Crippen molar-refractivity contribution in [1.29, 1.82) is 0 Å². The van der Waals surface area contributed by atoms with Crippen molar-refractivity contribution >= 4 is 23.0 Å². The summed E-state index contributed by atoms with van der Waals surface area (Å²) in [7, 11) is 0. The Bertz CT molecular complexity index is 1040. The third kappa shape index (κ3) is 3.88. The van der Waals surface area contributed by atoms with Crippen molar-refractivity contribution in [2.45, 2.75) is 25.8 Å². The molecule has 0 unspecified atom stereocenters. The molecule has 0 saturated carbocycles. The van der Waals surface area contributed by atoms with Crippen LogP contribution in [0, 0.1) is 0 Å². The second-order valence-electron chi connectivity index (χ2n) is 8.07. The molecular formula is C25H26N4O. The minimum absolute atomic E-state index is 0.129. The predicted octanol–water partition coefficient (Wildman–Crippen LogP) is 4.50. The van der Waals surface area contributed by atoms with Crippen LogP contribution in [0.25, 0.3) is 0 Å². The van der Waals surface area contributed by atoms with Crippen molar-refractivity contribution in [3.8, 4) is 0 Å². The van der Waals surface area contributed by atoms with Crippen LogP contribution in [0.4, 0.5) is 17.1 Å². The predicted molar refractivity (Wildman–Crippen MR) is 121 cm³/mol. The Morgan fingerprint density at radius 1 is 0.833 bits per heavy atom. The molecule has 5 rings (SSSR count). The quantitative estimate of drug-likeness (QED) is 0.703. The number of nitrogens with zero attached hydrogens (tertiary/aromatic N) is 3. The van der Waals surface area contributed by atoms with Gasteiger partial charge in [-0.05, 0) is 60.7 Å². The molecule has 2 aromatic carbocycles. The van der Waals surface area contributed by atoms with Crippen molar-refractivity contribution in [3.05, 3.63) is 83.7 Å². The first-order valence-corrected chi connectivity index (χ1v) is 10.7. The van der Waals surface area contributed by atoms with E-state index in [1.165, 1.54) is 29.7 Å². The van der Waals surface area contributed by atoms with Gasteiger partial charge in [0.15, 0.2) is 0 Å². The molecule has 152 valence electrons. The highest BCUT2D eigenvalue weighted by atomic mass is 16.1. The Labute approximate surface area is 177 Å². The van der Waals surface area contributed by atoms with E-state index in [0.717, 1.165) is 44.0 Å². The van der Waals surface area contributed by atoms with Gasteiger partial charge in [0.2, 0.25) is 0 Å². The summed E-state index contributed by atoms with van der Waals surface area (Å²) >= 11 is 0. The number of anilines is 3. The number of rotatable bonds is 4. The van der Waals surface area contributed by atoms with Crippen molar-refractivity contribution in [2.75, 3.05) is 34.8 Å². The molecule has 0 spiro atoms. The zero-order valence-electron chi connectivity index (χ0n) is 17.1. The summed E-state index contributed by atoms with van der Waals surface area (Å²) < 4.78 is 0. The number of benzene rings is 2. The van der Waals surface area contributed by atoms with Crippen LogP contribution < -0.4 is 15.1 Å². The van der Waals surface area contributed by atoms with Crippen LogP contribution in [0.2, 0.25) is 0 Å². The third-order valence-electron chi connectivity index (χ3n) is 6.08. The lowest BCUT2D eigenvalue weighted by atomic mass is 9.99. The number of carbonyl (C=O) groups excluding carboxylic acids is 1. The molecule has 0 atom stereocenters. The first-order chi connectivity index (χ1) is 14.8. The summed E-state index contributed by atoms with van der Waals surface area (Å²) in [5.74, 6) is -0.129. The van der Waals surface area contributed by atoms with Gasteiger partial charge in [-0.1, -0.05) is 24.3 Å². The van der Waals surface area contributed by atoms with Crippen LogP contribution in [0.1, 0.15) is 34.3 Å². The number of hydrogen-bond donors (Lipinski definition) is 1. The van der Waals surface area contributed by atoms with E-state index in [2.05, 4.69) is 56.5 Å². The lowest BCUT2D eigenvalue weighted by Crippen LogP contribution is -2.30. The maximum Gasteiger partial charge on any atom is 0.257 e. The normalized spacial score (nSPS) is 15.7. The summed E-state index contributed by atoms with van der Waals surface area (Å²) in [5, 5.41) is 3.01. The monoisotopic (exact) mass is 398 g/mol. The Morgan fingerprint density at radius 3 is 2.40 bits per heavy atom. The fourth-order valence-electron chi connectivity index (χ4n) is 4.38. The van der Waals surface area contributed by atoms with Gasteiger partial charge >= 0.3 is 0 Å². The van der Waals surface area contributed by atoms with E-state index in [4.69, 9.17) is 0 Å². The summed E-state index contributed by atoms with van der Waals surface area (Å²) in [6, 6.07) is 18.6. The van der Waals surface area contributed by atoms with Gasteiger partial charge in [0.05, 0.1) is 17.4 Å². The molecule has 5 nitrogen and oxygen atoms in total. The third-order valence-corrected chi connectivity index (χ3v) is 6.08. The van der Waals surface area contributed by atoms with E-state index >= 15 is 0 Å². The molecule has 1 fully saturated rings. The van der Waals surface area contributed by atoms with Crippen molar-refractivity contribution < 1.29 is 4.79 Å². The Balaban J connectivity index is 1.27. The lowest BCUT2D eigenvalue weighted by Gasteiger charge is -2.30. The number of fused-ring (bicyclic) bond motifs is 1. The number of amides is 1. The molecule has 0 bridgehead atoms. The molecular weight excluding hydrogens is 372 g/mol. The molecule has 1 amide bonds. The standard InChI is InChI=1S/C25H26N4O/c30-25(27-22-7-9-23(10-8-22)28-12-3-4-13-28)21-15-24(17-26-16-21)29-14-11-19-5-1-2-6-20(19)18-29/h1-2,5-10,15-17H,3-4,11-14,18H2,(H,27,30). The van der Waals surface area contributed by atoms with Gasteiger partial charge in [0, 0.05) is 43.8 Å².